The van der Waals surface area contributed by atoms with Crippen molar-refractivity contribution in [2.45, 2.75) is 32.9 Å². The molecule has 2 aromatic rings. The lowest BCUT2D eigenvalue weighted by molar-refractivity contribution is -0.123. The van der Waals surface area contributed by atoms with Crippen molar-refractivity contribution >= 4 is 40.7 Å². The second kappa shape index (κ2) is 7.53. The lowest BCUT2D eigenvalue weighted by Crippen LogP contribution is -2.43. The molecule has 1 fully saturated rings. The fraction of sp³-hybridized carbons (Fsp3) is 0.286. The van der Waals surface area contributed by atoms with E-state index in [1.54, 1.807) is 18.2 Å². The fourth-order valence-corrected chi connectivity index (χ4v) is 4.11. The summed E-state index contributed by atoms with van der Waals surface area (Å²) in [6.45, 7) is 5.64. The summed E-state index contributed by atoms with van der Waals surface area (Å²) in [6, 6.07) is 8.53. The molecule has 0 unspecified atom stereocenters. The molecule has 0 radical (unpaired) electrons. The standard InChI is InChI=1S/C21H20ClN5O3/c1-11-7-12(2)17(13(3)8-11)23-16(28)10-26-19-18(24-25-26)20(29)27(21(19)30)15-6-4-5-14(22)9-15/h4-9,18-19H,10H2,1-3H3,(H,23,28)/t18-,19-/m1/s1. The van der Waals surface area contributed by atoms with E-state index in [4.69, 9.17) is 11.6 Å². The van der Waals surface area contributed by atoms with Crippen molar-refractivity contribution < 1.29 is 14.4 Å². The summed E-state index contributed by atoms with van der Waals surface area (Å²) in [4.78, 5) is 39.4. The van der Waals surface area contributed by atoms with Crippen molar-refractivity contribution in [2.75, 3.05) is 16.8 Å². The zero-order valence-corrected chi connectivity index (χ0v) is 17.5. The van der Waals surface area contributed by atoms with Gasteiger partial charge in [-0.1, -0.05) is 40.6 Å². The van der Waals surface area contributed by atoms with Crippen LogP contribution in [-0.2, 0) is 14.4 Å². The molecule has 2 atom stereocenters. The van der Waals surface area contributed by atoms with E-state index in [1.807, 2.05) is 32.9 Å². The third-order valence-electron chi connectivity index (χ3n) is 5.17. The number of hydrogen-bond donors (Lipinski definition) is 1. The number of fused-ring (bicyclic) bond motifs is 1. The van der Waals surface area contributed by atoms with E-state index in [2.05, 4.69) is 15.7 Å². The number of carbonyl (C=O) groups is 3. The first-order valence-electron chi connectivity index (χ1n) is 9.45. The van der Waals surface area contributed by atoms with Gasteiger partial charge in [-0.25, -0.2) is 4.90 Å². The third kappa shape index (κ3) is 3.43. The Morgan fingerprint density at radius 2 is 1.80 bits per heavy atom. The van der Waals surface area contributed by atoms with Gasteiger partial charge < -0.3 is 5.32 Å². The van der Waals surface area contributed by atoms with Crippen LogP contribution in [-0.4, -0.2) is 41.4 Å². The third-order valence-corrected chi connectivity index (χ3v) is 5.41. The summed E-state index contributed by atoms with van der Waals surface area (Å²) in [5, 5.41) is 12.4. The van der Waals surface area contributed by atoms with Gasteiger partial charge in [-0.2, -0.15) is 5.11 Å². The van der Waals surface area contributed by atoms with E-state index in [0.717, 1.165) is 27.3 Å². The van der Waals surface area contributed by atoms with Crippen molar-refractivity contribution in [3.8, 4) is 0 Å². The molecule has 3 amide bonds. The lowest BCUT2D eigenvalue weighted by atomic mass is 10.1. The molecule has 4 rings (SSSR count). The van der Waals surface area contributed by atoms with Crippen molar-refractivity contribution in [3.05, 3.63) is 58.1 Å². The minimum atomic E-state index is -0.966. The van der Waals surface area contributed by atoms with Gasteiger partial charge in [0, 0.05) is 10.7 Å². The molecular weight excluding hydrogens is 406 g/mol. The first kappa shape index (κ1) is 20.0. The summed E-state index contributed by atoms with van der Waals surface area (Å²) in [6.07, 6.45) is 0. The summed E-state index contributed by atoms with van der Waals surface area (Å²) >= 11 is 5.99. The highest BCUT2D eigenvalue weighted by atomic mass is 35.5. The van der Waals surface area contributed by atoms with Crippen molar-refractivity contribution in [3.63, 3.8) is 0 Å². The number of anilines is 2. The monoisotopic (exact) mass is 425 g/mol. The quantitative estimate of drug-likeness (QED) is 0.761. The van der Waals surface area contributed by atoms with Crippen LogP contribution in [0.25, 0.3) is 0 Å². The van der Waals surface area contributed by atoms with Gasteiger partial charge in [0.2, 0.25) is 5.91 Å². The van der Waals surface area contributed by atoms with Crippen LogP contribution < -0.4 is 10.2 Å². The Bertz CT molecular complexity index is 1080. The highest BCUT2D eigenvalue weighted by molar-refractivity contribution is 6.31. The number of aryl methyl sites for hydroxylation is 3. The number of amides is 3. The van der Waals surface area contributed by atoms with Gasteiger partial charge in [0.15, 0.2) is 12.1 Å². The van der Waals surface area contributed by atoms with Crippen LogP contribution in [0.5, 0.6) is 0 Å². The highest BCUT2D eigenvalue weighted by Gasteiger charge is 2.55. The van der Waals surface area contributed by atoms with Crippen LogP contribution in [0.1, 0.15) is 16.7 Å². The number of carbonyl (C=O) groups excluding carboxylic acids is 3. The van der Waals surface area contributed by atoms with Gasteiger partial charge in [-0.05, 0) is 50.1 Å². The Hall–Kier alpha value is -3.26. The first-order valence-corrected chi connectivity index (χ1v) is 9.82. The number of hydrogen-bond acceptors (Lipinski definition) is 6. The van der Waals surface area contributed by atoms with E-state index in [1.165, 1.54) is 11.1 Å². The highest BCUT2D eigenvalue weighted by Crippen LogP contribution is 2.32. The van der Waals surface area contributed by atoms with E-state index < -0.39 is 23.9 Å². The molecule has 0 aliphatic carbocycles. The first-order chi connectivity index (χ1) is 14.3. The lowest BCUT2D eigenvalue weighted by Gasteiger charge is -2.21. The van der Waals surface area contributed by atoms with E-state index in [0.29, 0.717) is 10.7 Å². The summed E-state index contributed by atoms with van der Waals surface area (Å²) in [5.41, 5.74) is 4.10. The van der Waals surface area contributed by atoms with Crippen LogP contribution in [0.15, 0.2) is 46.7 Å². The van der Waals surface area contributed by atoms with Gasteiger partial charge >= 0.3 is 0 Å². The van der Waals surface area contributed by atoms with Gasteiger partial charge in [0.25, 0.3) is 11.8 Å². The SMILES string of the molecule is Cc1cc(C)c(NC(=O)CN2N=N[C@H]3C(=O)N(c4cccc(Cl)c4)C(=O)[C@@H]32)c(C)c1. The number of benzene rings is 2. The van der Waals surface area contributed by atoms with Gasteiger partial charge in [-0.15, -0.1) is 0 Å². The van der Waals surface area contributed by atoms with Crippen LogP contribution in [0.3, 0.4) is 0 Å². The average molecular weight is 426 g/mol. The zero-order valence-electron chi connectivity index (χ0n) is 16.7. The normalized spacial score (nSPS) is 20.1. The number of rotatable bonds is 4. The second-order valence-electron chi connectivity index (χ2n) is 7.51. The molecule has 154 valence electrons. The van der Waals surface area contributed by atoms with Crippen LogP contribution in [0.2, 0.25) is 5.02 Å². The molecule has 0 bridgehead atoms. The number of imide groups is 1. The van der Waals surface area contributed by atoms with E-state index in [-0.39, 0.29) is 12.5 Å². The Balaban J connectivity index is 1.51. The molecule has 2 aliphatic rings. The maximum absolute atomic E-state index is 13.0. The Morgan fingerprint density at radius 1 is 1.10 bits per heavy atom. The smallest absolute Gasteiger partial charge is 0.263 e. The van der Waals surface area contributed by atoms with Crippen molar-refractivity contribution in [1.29, 1.82) is 0 Å². The molecule has 30 heavy (non-hydrogen) atoms. The molecule has 0 saturated carbocycles. The topological polar surface area (TPSA) is 94.4 Å². The predicted molar refractivity (Wildman–Crippen MR) is 112 cm³/mol. The summed E-state index contributed by atoms with van der Waals surface area (Å²) in [7, 11) is 0. The van der Waals surface area contributed by atoms with Gasteiger partial charge in [0.05, 0.1) is 5.69 Å². The maximum atomic E-state index is 13.0. The fourth-order valence-electron chi connectivity index (χ4n) is 3.93. The van der Waals surface area contributed by atoms with Crippen molar-refractivity contribution in [2.24, 2.45) is 10.3 Å². The molecule has 1 saturated heterocycles. The summed E-state index contributed by atoms with van der Waals surface area (Å²) in [5.74, 6) is -1.30. The minimum absolute atomic E-state index is 0.195. The molecule has 2 heterocycles. The number of nitrogens with one attached hydrogen (secondary N) is 1. The molecule has 2 aliphatic heterocycles. The van der Waals surface area contributed by atoms with Crippen LogP contribution in [0.4, 0.5) is 11.4 Å². The minimum Gasteiger partial charge on any atom is -0.324 e. The predicted octanol–water partition coefficient (Wildman–Crippen LogP) is 3.20. The zero-order chi connectivity index (χ0) is 21.6. The number of nitrogens with zero attached hydrogens (tertiary/aromatic N) is 4. The Morgan fingerprint density at radius 3 is 2.47 bits per heavy atom. The maximum Gasteiger partial charge on any atom is 0.263 e. The molecular formula is C21H20ClN5O3. The van der Waals surface area contributed by atoms with Gasteiger partial charge in [-0.3, -0.25) is 19.4 Å². The van der Waals surface area contributed by atoms with Crippen LogP contribution in [0, 0.1) is 20.8 Å². The molecule has 9 heteroatoms. The Labute approximate surface area is 178 Å². The largest absolute Gasteiger partial charge is 0.324 e. The van der Waals surface area contributed by atoms with Crippen molar-refractivity contribution in [1.82, 2.24) is 5.01 Å². The number of halogens is 1. The van der Waals surface area contributed by atoms with Crippen LogP contribution >= 0.6 is 11.6 Å². The molecule has 1 N–H and O–H groups in total. The molecule has 0 aromatic heterocycles. The summed E-state index contributed by atoms with van der Waals surface area (Å²) < 4.78 is 0. The average Bonchev–Trinajstić information content (AvgIpc) is 3.18. The Kier molecular flexibility index (Phi) is 5.03. The van der Waals surface area contributed by atoms with E-state index >= 15 is 0 Å². The van der Waals surface area contributed by atoms with E-state index in [9.17, 15) is 14.4 Å². The molecule has 0 spiro atoms. The second-order valence-corrected chi connectivity index (χ2v) is 7.94. The molecule has 8 nitrogen and oxygen atoms in total. The molecule has 2 aromatic carbocycles. The van der Waals surface area contributed by atoms with Gasteiger partial charge in [0.1, 0.15) is 6.54 Å².